The lowest BCUT2D eigenvalue weighted by Gasteiger charge is -2.33. The molecule has 1 saturated heterocycles. The second-order valence-electron chi connectivity index (χ2n) is 7.16. The molecular weight excluding hydrogens is 369 g/mol. The Morgan fingerprint density at radius 2 is 2.04 bits per heavy atom. The van der Waals surface area contributed by atoms with Crippen LogP contribution in [-0.4, -0.2) is 54.2 Å². The smallest absolute Gasteiger partial charge is 0.410 e. The Hall–Kier alpha value is -2.94. The fourth-order valence-corrected chi connectivity index (χ4v) is 2.41. The lowest BCUT2D eigenvalue weighted by atomic mass is 10.2. The first-order valence-electron chi connectivity index (χ1n) is 8.72. The van der Waals surface area contributed by atoms with Crippen LogP contribution in [0.4, 0.5) is 20.6 Å². The van der Waals surface area contributed by atoms with E-state index in [9.17, 15) is 18.8 Å². The summed E-state index contributed by atoms with van der Waals surface area (Å²) in [5.41, 5.74) is -0.473. The molecular formula is C19H24FN3O5. The van der Waals surface area contributed by atoms with Crippen LogP contribution in [0.15, 0.2) is 30.9 Å². The summed E-state index contributed by atoms with van der Waals surface area (Å²) < 4.78 is 24.5. The predicted octanol–water partition coefficient (Wildman–Crippen LogP) is 2.52. The van der Waals surface area contributed by atoms with Crippen LogP contribution >= 0.6 is 0 Å². The number of hydrogen-bond donors (Lipinski definition) is 2. The monoisotopic (exact) mass is 393 g/mol. The zero-order valence-corrected chi connectivity index (χ0v) is 16.1. The van der Waals surface area contributed by atoms with Gasteiger partial charge in [0.25, 0.3) is 5.91 Å². The summed E-state index contributed by atoms with van der Waals surface area (Å²) >= 11 is 0. The number of anilines is 2. The van der Waals surface area contributed by atoms with Crippen LogP contribution in [0.3, 0.4) is 0 Å². The van der Waals surface area contributed by atoms with E-state index in [2.05, 4.69) is 17.2 Å². The van der Waals surface area contributed by atoms with Gasteiger partial charge in [-0.3, -0.25) is 9.59 Å². The van der Waals surface area contributed by atoms with Gasteiger partial charge in [0, 0.05) is 12.2 Å². The highest BCUT2D eigenvalue weighted by atomic mass is 19.1. The Labute approximate surface area is 162 Å². The number of carbonyl (C=O) groups is 3. The average Bonchev–Trinajstić information content (AvgIpc) is 2.63. The molecule has 0 spiro atoms. The number of rotatable bonds is 4. The molecule has 1 heterocycles. The fourth-order valence-electron chi connectivity index (χ4n) is 2.41. The van der Waals surface area contributed by atoms with E-state index in [0.29, 0.717) is 6.54 Å². The van der Waals surface area contributed by atoms with Crippen molar-refractivity contribution < 1.29 is 28.2 Å². The van der Waals surface area contributed by atoms with Crippen molar-refractivity contribution in [3.63, 3.8) is 0 Å². The van der Waals surface area contributed by atoms with Crippen molar-refractivity contribution >= 4 is 29.3 Å². The van der Waals surface area contributed by atoms with Crippen molar-refractivity contribution in [1.82, 2.24) is 4.90 Å². The second kappa shape index (κ2) is 8.83. The number of nitrogens with zero attached hydrogens (tertiary/aromatic N) is 1. The maximum absolute atomic E-state index is 13.8. The van der Waals surface area contributed by atoms with Crippen molar-refractivity contribution in [2.45, 2.75) is 32.5 Å². The van der Waals surface area contributed by atoms with Crippen LogP contribution in [0.1, 0.15) is 20.8 Å². The maximum atomic E-state index is 13.8. The molecule has 1 aromatic carbocycles. The molecule has 0 radical (unpaired) electrons. The Kier molecular flexibility index (Phi) is 6.74. The minimum absolute atomic E-state index is 0.0298. The van der Waals surface area contributed by atoms with Gasteiger partial charge in [-0.1, -0.05) is 6.58 Å². The summed E-state index contributed by atoms with van der Waals surface area (Å²) in [6.07, 6.45) is -0.423. The van der Waals surface area contributed by atoms with Crippen molar-refractivity contribution in [3.05, 3.63) is 36.7 Å². The van der Waals surface area contributed by atoms with E-state index < -0.39 is 35.4 Å². The van der Waals surface area contributed by atoms with Gasteiger partial charge in [-0.05, 0) is 45.0 Å². The third kappa shape index (κ3) is 6.05. The highest BCUT2D eigenvalue weighted by molar-refractivity contribution is 6.00. The number of carbonyl (C=O) groups excluding carboxylic acids is 3. The summed E-state index contributed by atoms with van der Waals surface area (Å²) in [7, 11) is 0. The normalized spacial score (nSPS) is 16.9. The summed E-state index contributed by atoms with van der Waals surface area (Å²) in [6, 6.07) is 3.75. The van der Waals surface area contributed by atoms with E-state index in [0.717, 1.165) is 12.1 Å². The van der Waals surface area contributed by atoms with Gasteiger partial charge in [-0.25, -0.2) is 9.18 Å². The van der Waals surface area contributed by atoms with Crippen molar-refractivity contribution in [3.8, 4) is 0 Å². The topological polar surface area (TPSA) is 97.0 Å². The molecule has 2 rings (SSSR count). The molecule has 1 aliphatic heterocycles. The standard InChI is InChI=1S/C19H24FN3O5/c1-5-16(24)22-14-10-12(6-7-13(14)20)21-17(25)15-11-23(8-9-27-15)18(26)28-19(2,3)4/h5-7,10,15H,1,8-9,11H2,2-4H3,(H,21,25)(H,22,24). The molecule has 0 bridgehead atoms. The van der Waals surface area contributed by atoms with Crippen LogP contribution in [0.25, 0.3) is 0 Å². The van der Waals surface area contributed by atoms with Gasteiger partial charge in [0.2, 0.25) is 5.91 Å². The number of hydrogen-bond acceptors (Lipinski definition) is 5. The molecule has 1 aromatic rings. The lowest BCUT2D eigenvalue weighted by molar-refractivity contribution is -0.132. The van der Waals surface area contributed by atoms with Gasteiger partial charge in [0.15, 0.2) is 6.10 Å². The van der Waals surface area contributed by atoms with E-state index in [4.69, 9.17) is 9.47 Å². The molecule has 0 saturated carbocycles. The molecule has 8 nitrogen and oxygen atoms in total. The second-order valence-corrected chi connectivity index (χ2v) is 7.16. The highest BCUT2D eigenvalue weighted by Gasteiger charge is 2.31. The molecule has 1 atom stereocenters. The predicted molar refractivity (Wildman–Crippen MR) is 101 cm³/mol. The Balaban J connectivity index is 2.02. The first kappa shape index (κ1) is 21.4. The number of nitrogens with one attached hydrogen (secondary N) is 2. The number of ether oxygens (including phenoxy) is 2. The van der Waals surface area contributed by atoms with Gasteiger partial charge >= 0.3 is 6.09 Å². The van der Waals surface area contributed by atoms with Gasteiger partial charge in [0.05, 0.1) is 18.8 Å². The van der Waals surface area contributed by atoms with Gasteiger partial charge in [-0.15, -0.1) is 0 Å². The largest absolute Gasteiger partial charge is 0.444 e. The van der Waals surface area contributed by atoms with Crippen molar-refractivity contribution in [2.24, 2.45) is 0 Å². The SMILES string of the molecule is C=CC(=O)Nc1cc(NC(=O)C2CN(C(=O)OC(C)(C)C)CCO2)ccc1F. The number of amides is 3. The number of halogens is 1. The van der Waals surface area contributed by atoms with Gasteiger partial charge in [-0.2, -0.15) is 0 Å². The third-order valence-electron chi connectivity index (χ3n) is 3.69. The first-order valence-corrected chi connectivity index (χ1v) is 8.72. The maximum Gasteiger partial charge on any atom is 0.410 e. The first-order chi connectivity index (χ1) is 13.1. The zero-order chi connectivity index (χ0) is 20.9. The molecule has 28 heavy (non-hydrogen) atoms. The van der Waals surface area contributed by atoms with Crippen molar-refractivity contribution in [2.75, 3.05) is 30.3 Å². The molecule has 2 N–H and O–H groups in total. The zero-order valence-electron chi connectivity index (χ0n) is 16.1. The van der Waals surface area contributed by atoms with E-state index in [-0.39, 0.29) is 24.5 Å². The molecule has 152 valence electrons. The Morgan fingerprint density at radius 3 is 2.68 bits per heavy atom. The van der Waals surface area contributed by atoms with Crippen LogP contribution in [0, 0.1) is 5.82 Å². The van der Waals surface area contributed by atoms with E-state index in [1.165, 1.54) is 17.0 Å². The van der Waals surface area contributed by atoms with E-state index in [1.54, 1.807) is 20.8 Å². The number of benzene rings is 1. The quantitative estimate of drug-likeness (QED) is 0.767. The van der Waals surface area contributed by atoms with Gasteiger partial charge < -0.3 is 25.0 Å². The van der Waals surface area contributed by atoms with Crippen molar-refractivity contribution in [1.29, 1.82) is 0 Å². The van der Waals surface area contributed by atoms with Gasteiger partial charge in [0.1, 0.15) is 11.4 Å². The van der Waals surface area contributed by atoms with E-state index in [1.807, 2.05) is 0 Å². The Bertz CT molecular complexity index is 775. The molecule has 0 aliphatic carbocycles. The van der Waals surface area contributed by atoms with E-state index >= 15 is 0 Å². The molecule has 3 amide bonds. The minimum Gasteiger partial charge on any atom is -0.444 e. The Morgan fingerprint density at radius 1 is 1.32 bits per heavy atom. The summed E-state index contributed by atoms with van der Waals surface area (Å²) in [4.78, 5) is 37.4. The molecule has 1 unspecified atom stereocenters. The fraction of sp³-hybridized carbons (Fsp3) is 0.421. The summed E-state index contributed by atoms with van der Waals surface area (Å²) in [5.74, 6) is -1.73. The van der Waals surface area contributed by atoms with Crippen LogP contribution in [0.2, 0.25) is 0 Å². The average molecular weight is 393 g/mol. The van der Waals surface area contributed by atoms with Crippen LogP contribution in [0.5, 0.6) is 0 Å². The third-order valence-corrected chi connectivity index (χ3v) is 3.69. The molecule has 0 aromatic heterocycles. The minimum atomic E-state index is -0.905. The molecule has 9 heteroatoms. The molecule has 1 fully saturated rings. The lowest BCUT2D eigenvalue weighted by Crippen LogP contribution is -2.51. The molecule has 1 aliphatic rings. The van der Waals surface area contributed by atoms with Crippen LogP contribution < -0.4 is 10.6 Å². The summed E-state index contributed by atoms with van der Waals surface area (Å²) in [6.45, 7) is 9.09. The summed E-state index contributed by atoms with van der Waals surface area (Å²) in [5, 5.41) is 4.90. The van der Waals surface area contributed by atoms with Crippen LogP contribution in [-0.2, 0) is 19.1 Å². The highest BCUT2D eigenvalue weighted by Crippen LogP contribution is 2.21. The number of morpholine rings is 1.